The van der Waals surface area contributed by atoms with Crippen molar-refractivity contribution in [2.24, 2.45) is 0 Å². The van der Waals surface area contributed by atoms with E-state index in [1.54, 1.807) is 24.3 Å². The Morgan fingerprint density at radius 1 is 1.23 bits per heavy atom. The average Bonchev–Trinajstić information content (AvgIpc) is 3.22. The average molecular weight is 493 g/mol. The normalized spacial score (nSPS) is 11.6. The van der Waals surface area contributed by atoms with Gasteiger partial charge in [-0.2, -0.15) is 8.78 Å². The lowest BCUT2D eigenvalue weighted by Crippen LogP contribution is -2.31. The Balaban J connectivity index is 1.81. The van der Waals surface area contributed by atoms with Crippen molar-refractivity contribution in [1.82, 2.24) is 20.1 Å². The highest BCUT2D eigenvalue weighted by Gasteiger charge is 2.25. The number of halogens is 3. The molecule has 0 N–H and O–H groups in total. The summed E-state index contributed by atoms with van der Waals surface area (Å²) in [6, 6.07) is 8.38. The minimum absolute atomic E-state index is 0.0611. The van der Waals surface area contributed by atoms with E-state index in [9.17, 15) is 18.4 Å². The molecule has 2 heterocycles. The number of rotatable bonds is 6. The van der Waals surface area contributed by atoms with E-state index < -0.39 is 18.2 Å². The Hall–Kier alpha value is -3.01. The Kier molecular flexibility index (Phi) is 6.59. The first-order valence-electron chi connectivity index (χ1n) is 9.23. The molecule has 7 nitrogen and oxygen atoms in total. The summed E-state index contributed by atoms with van der Waals surface area (Å²) in [5, 5.41) is 6.83. The molecule has 0 spiro atoms. The van der Waals surface area contributed by atoms with E-state index in [0.29, 0.717) is 23.2 Å². The Labute approximate surface area is 185 Å². The van der Waals surface area contributed by atoms with Crippen molar-refractivity contribution in [1.29, 1.82) is 0 Å². The molecule has 3 aromatic rings. The van der Waals surface area contributed by atoms with Gasteiger partial charge in [-0.05, 0) is 41.3 Å². The number of imide groups is 1. The van der Waals surface area contributed by atoms with Crippen molar-refractivity contribution in [3.8, 4) is 11.5 Å². The van der Waals surface area contributed by atoms with Crippen LogP contribution in [-0.4, -0.2) is 32.4 Å². The maximum absolute atomic E-state index is 13.1. The smallest absolute Gasteiger partial charge is 0.314 e. The van der Waals surface area contributed by atoms with Crippen molar-refractivity contribution >= 4 is 28.2 Å². The summed E-state index contributed by atoms with van der Waals surface area (Å²) in [5.41, 5.74) is 1.67. The summed E-state index contributed by atoms with van der Waals surface area (Å²) < 4.78 is 30.9. The molecule has 1 aromatic carbocycles. The van der Waals surface area contributed by atoms with Crippen molar-refractivity contribution in [3.05, 3.63) is 63.7 Å². The topological polar surface area (TPSA) is 89.2 Å². The summed E-state index contributed by atoms with van der Waals surface area (Å²) in [6.45, 7) is 5.88. The van der Waals surface area contributed by atoms with Crippen LogP contribution in [0, 0.1) is 0 Å². The molecule has 0 fully saturated rings. The highest BCUT2D eigenvalue weighted by Crippen LogP contribution is 2.30. The number of hydrogen-bond acceptors (Lipinski definition) is 6. The minimum atomic E-state index is -2.86. The Morgan fingerprint density at radius 2 is 1.97 bits per heavy atom. The lowest BCUT2D eigenvalue weighted by atomic mass is 9.83. The second kappa shape index (κ2) is 9.01. The van der Waals surface area contributed by atoms with Crippen LogP contribution in [0.25, 0.3) is 11.5 Å². The number of carbonyl (C=O) groups excluding carboxylic acids is 2. The van der Waals surface area contributed by atoms with Gasteiger partial charge < -0.3 is 4.42 Å². The number of hydrogen-bond donors (Lipinski definition) is 0. The molecule has 2 amide bonds. The van der Waals surface area contributed by atoms with Gasteiger partial charge in [0.15, 0.2) is 0 Å². The van der Waals surface area contributed by atoms with Crippen molar-refractivity contribution in [3.63, 3.8) is 0 Å². The van der Waals surface area contributed by atoms with Gasteiger partial charge in [0.25, 0.3) is 11.8 Å². The van der Waals surface area contributed by atoms with Gasteiger partial charge in [0.2, 0.25) is 12.3 Å². The van der Waals surface area contributed by atoms with Crippen LogP contribution in [-0.2, 0) is 16.8 Å². The highest BCUT2D eigenvalue weighted by atomic mass is 79.9. The molecule has 0 unspecified atom stereocenters. The molecular formula is C21H19BrF2N4O3. The number of carbonyl (C=O) groups is 2. The van der Waals surface area contributed by atoms with Crippen LogP contribution in [0.3, 0.4) is 0 Å². The number of aromatic nitrogens is 3. The second-order valence-electron chi connectivity index (χ2n) is 7.76. The molecule has 10 heteroatoms. The van der Waals surface area contributed by atoms with Crippen LogP contribution in [0.1, 0.15) is 54.7 Å². The molecular weight excluding hydrogens is 474 g/mol. The summed E-state index contributed by atoms with van der Waals surface area (Å²) in [5.74, 6) is -1.32. The fourth-order valence-electron chi connectivity index (χ4n) is 2.89. The standard InChI is InChI=1S/C21H19BrF2N4O3/c1-21(2,3)16-8-13(22)5-7-15(16)20(30)28(11-29)10-14-6-4-12(9-25-14)18-26-27-19(31-18)17(23)24/h4-9,11,17H,10H2,1-3H3. The molecule has 0 aliphatic rings. The third-order valence-corrected chi connectivity index (χ3v) is 4.93. The first kappa shape index (κ1) is 22.7. The number of alkyl halides is 2. The van der Waals surface area contributed by atoms with Crippen LogP contribution >= 0.6 is 15.9 Å². The first-order chi connectivity index (χ1) is 14.6. The van der Waals surface area contributed by atoms with Gasteiger partial charge in [-0.25, -0.2) is 0 Å². The molecule has 0 bridgehead atoms. The first-order valence-corrected chi connectivity index (χ1v) is 10.0. The van der Waals surface area contributed by atoms with Crippen molar-refractivity contribution < 1.29 is 22.8 Å². The van der Waals surface area contributed by atoms with E-state index in [1.807, 2.05) is 26.8 Å². The van der Waals surface area contributed by atoms with Gasteiger partial charge in [0, 0.05) is 16.2 Å². The van der Waals surface area contributed by atoms with Gasteiger partial charge in [-0.15, -0.1) is 10.2 Å². The molecule has 0 aliphatic carbocycles. The fourth-order valence-corrected chi connectivity index (χ4v) is 3.25. The SMILES string of the molecule is CC(C)(C)c1cc(Br)ccc1C(=O)N(C=O)Cc1ccc(-c2nnc(C(F)F)o2)cn1. The number of nitrogens with zero attached hydrogens (tertiary/aromatic N) is 4. The van der Waals surface area contributed by atoms with Crippen molar-refractivity contribution in [2.45, 2.75) is 39.2 Å². The third kappa shape index (κ3) is 5.19. The van der Waals surface area contributed by atoms with Gasteiger partial charge in [0.1, 0.15) is 0 Å². The second-order valence-corrected chi connectivity index (χ2v) is 8.68. The Bertz CT molecular complexity index is 1090. The summed E-state index contributed by atoms with van der Waals surface area (Å²) >= 11 is 3.42. The van der Waals surface area contributed by atoms with E-state index in [4.69, 9.17) is 4.42 Å². The highest BCUT2D eigenvalue weighted by molar-refractivity contribution is 9.10. The number of benzene rings is 1. The molecule has 2 aromatic heterocycles. The molecule has 0 atom stereocenters. The van der Waals surface area contributed by atoms with Crippen LogP contribution in [0.5, 0.6) is 0 Å². The fraction of sp³-hybridized carbons (Fsp3) is 0.286. The van der Waals surface area contributed by atoms with Gasteiger partial charge in [-0.1, -0.05) is 36.7 Å². The zero-order chi connectivity index (χ0) is 22.8. The number of pyridine rings is 1. The van der Waals surface area contributed by atoms with E-state index in [1.165, 1.54) is 6.20 Å². The number of amides is 2. The zero-order valence-corrected chi connectivity index (χ0v) is 18.6. The molecule has 162 valence electrons. The third-order valence-electron chi connectivity index (χ3n) is 4.44. The largest absolute Gasteiger partial charge is 0.415 e. The van der Waals surface area contributed by atoms with E-state index in [2.05, 4.69) is 31.1 Å². The zero-order valence-electron chi connectivity index (χ0n) is 17.0. The predicted octanol–water partition coefficient (Wildman–Crippen LogP) is 4.93. The van der Waals surface area contributed by atoms with Crippen LogP contribution in [0.15, 0.2) is 45.4 Å². The lowest BCUT2D eigenvalue weighted by Gasteiger charge is -2.25. The maximum atomic E-state index is 13.1. The maximum Gasteiger partial charge on any atom is 0.314 e. The van der Waals surface area contributed by atoms with Gasteiger partial charge in [0.05, 0.1) is 17.8 Å². The van der Waals surface area contributed by atoms with Gasteiger partial charge >= 0.3 is 6.43 Å². The van der Waals surface area contributed by atoms with E-state index in [0.717, 1.165) is 14.9 Å². The lowest BCUT2D eigenvalue weighted by molar-refractivity contribution is -0.116. The summed E-state index contributed by atoms with van der Waals surface area (Å²) in [4.78, 5) is 29.9. The Morgan fingerprint density at radius 3 is 2.52 bits per heavy atom. The molecule has 3 rings (SSSR count). The minimum Gasteiger partial charge on any atom is -0.415 e. The van der Waals surface area contributed by atoms with Gasteiger partial charge in [-0.3, -0.25) is 19.5 Å². The van der Waals surface area contributed by atoms with E-state index in [-0.39, 0.29) is 17.9 Å². The molecule has 0 aliphatic heterocycles. The van der Waals surface area contributed by atoms with Crippen molar-refractivity contribution in [2.75, 3.05) is 0 Å². The quantitative estimate of drug-likeness (QED) is 0.453. The molecule has 31 heavy (non-hydrogen) atoms. The molecule has 0 saturated carbocycles. The molecule has 0 radical (unpaired) electrons. The molecule has 0 saturated heterocycles. The monoisotopic (exact) mass is 492 g/mol. The predicted molar refractivity (Wildman–Crippen MR) is 111 cm³/mol. The summed E-state index contributed by atoms with van der Waals surface area (Å²) in [7, 11) is 0. The van der Waals surface area contributed by atoms with Crippen LogP contribution in [0.2, 0.25) is 0 Å². The van der Waals surface area contributed by atoms with E-state index >= 15 is 0 Å². The van der Waals surface area contributed by atoms with Crippen LogP contribution < -0.4 is 0 Å². The summed E-state index contributed by atoms with van der Waals surface area (Å²) in [6.07, 6.45) is -1.05. The van der Waals surface area contributed by atoms with Crippen LogP contribution in [0.4, 0.5) is 8.78 Å².